The molecule has 1 aliphatic carbocycles. The second-order valence-corrected chi connectivity index (χ2v) is 11.4. The summed E-state index contributed by atoms with van der Waals surface area (Å²) >= 11 is 0. The first kappa shape index (κ1) is 28.2. The first-order valence-corrected chi connectivity index (χ1v) is 14.6. The van der Waals surface area contributed by atoms with Crippen molar-refractivity contribution in [1.29, 1.82) is 0 Å². The third-order valence-electron chi connectivity index (χ3n) is 8.32. The zero-order valence-corrected chi connectivity index (χ0v) is 24.0. The molecule has 0 aliphatic heterocycles. The van der Waals surface area contributed by atoms with Crippen molar-refractivity contribution in [1.82, 2.24) is 15.6 Å². The number of hydrogen-bond donors (Lipinski definition) is 4. The highest BCUT2D eigenvalue weighted by Crippen LogP contribution is 2.44. The maximum absolute atomic E-state index is 13.9. The molecule has 7 nitrogen and oxygen atoms in total. The van der Waals surface area contributed by atoms with Gasteiger partial charge in [0.15, 0.2) is 0 Å². The largest absolute Gasteiger partial charge is 0.449 e. The van der Waals surface area contributed by atoms with E-state index in [1.54, 1.807) is 6.92 Å². The second-order valence-electron chi connectivity index (χ2n) is 11.4. The van der Waals surface area contributed by atoms with Crippen LogP contribution in [0, 0.1) is 0 Å². The van der Waals surface area contributed by atoms with Crippen LogP contribution in [0.2, 0.25) is 0 Å². The SMILES string of the molecule is C[C@](Cc1c[nH]c2ccccc12)(NC(=O)OCC1c2ccccc2-c2ccccc21)C(=O)N[C@H](CO)Cc1ccccc1. The van der Waals surface area contributed by atoms with Crippen LogP contribution in [-0.4, -0.2) is 46.9 Å². The Balaban J connectivity index is 1.22. The van der Waals surface area contributed by atoms with E-state index in [4.69, 9.17) is 4.74 Å². The molecule has 2 amide bonds. The Morgan fingerprint density at radius 2 is 1.51 bits per heavy atom. The molecular weight excluding hydrogens is 538 g/mol. The molecule has 43 heavy (non-hydrogen) atoms. The van der Waals surface area contributed by atoms with Crippen molar-refractivity contribution in [2.75, 3.05) is 13.2 Å². The Bertz CT molecular complexity index is 1700. The number of carbonyl (C=O) groups excluding carboxylic acids is 2. The van der Waals surface area contributed by atoms with E-state index in [9.17, 15) is 14.7 Å². The number of para-hydroxylation sites is 1. The number of fused-ring (bicyclic) bond motifs is 4. The number of aromatic amines is 1. The zero-order chi connectivity index (χ0) is 29.8. The van der Waals surface area contributed by atoms with Gasteiger partial charge in [0.2, 0.25) is 5.91 Å². The quantitative estimate of drug-likeness (QED) is 0.171. The maximum Gasteiger partial charge on any atom is 0.408 e. The normalized spacial score (nSPS) is 14.4. The van der Waals surface area contributed by atoms with E-state index >= 15 is 0 Å². The Hall–Kier alpha value is -4.88. The highest BCUT2D eigenvalue weighted by molar-refractivity contribution is 5.92. The monoisotopic (exact) mass is 573 g/mol. The van der Waals surface area contributed by atoms with Gasteiger partial charge in [-0.2, -0.15) is 0 Å². The van der Waals surface area contributed by atoms with Gasteiger partial charge in [0.05, 0.1) is 12.6 Å². The Kier molecular flexibility index (Phi) is 7.99. The van der Waals surface area contributed by atoms with Gasteiger partial charge < -0.3 is 25.5 Å². The van der Waals surface area contributed by atoms with Crippen molar-refractivity contribution in [3.8, 4) is 11.1 Å². The molecule has 7 heteroatoms. The van der Waals surface area contributed by atoms with E-state index in [1.807, 2.05) is 85.1 Å². The Labute approximate surface area is 250 Å². The number of amides is 2. The van der Waals surface area contributed by atoms with Gasteiger partial charge in [-0.1, -0.05) is 97.1 Å². The van der Waals surface area contributed by atoms with Crippen LogP contribution in [0.5, 0.6) is 0 Å². The number of alkyl carbamates (subject to hydrolysis) is 1. The highest BCUT2D eigenvalue weighted by atomic mass is 16.5. The third-order valence-corrected chi connectivity index (χ3v) is 8.32. The molecule has 1 aliphatic rings. The number of hydrogen-bond acceptors (Lipinski definition) is 4. The number of aliphatic hydroxyl groups is 1. The van der Waals surface area contributed by atoms with Crippen LogP contribution >= 0.6 is 0 Å². The van der Waals surface area contributed by atoms with Crippen molar-refractivity contribution >= 4 is 22.9 Å². The summed E-state index contributed by atoms with van der Waals surface area (Å²) in [4.78, 5) is 30.6. The fraction of sp³-hybridized carbons (Fsp3) is 0.222. The van der Waals surface area contributed by atoms with Crippen LogP contribution in [-0.2, 0) is 22.4 Å². The van der Waals surface area contributed by atoms with Gasteiger partial charge in [-0.15, -0.1) is 0 Å². The van der Waals surface area contributed by atoms with E-state index in [0.717, 1.165) is 44.3 Å². The third kappa shape index (κ3) is 5.90. The first-order valence-electron chi connectivity index (χ1n) is 14.6. The number of H-pyrrole nitrogens is 1. The molecule has 4 N–H and O–H groups in total. The zero-order valence-electron chi connectivity index (χ0n) is 24.0. The van der Waals surface area contributed by atoms with Gasteiger partial charge in [-0.3, -0.25) is 4.79 Å². The lowest BCUT2D eigenvalue weighted by Gasteiger charge is -2.31. The van der Waals surface area contributed by atoms with Crippen LogP contribution in [0.1, 0.15) is 35.1 Å². The molecular formula is C36H35N3O4. The van der Waals surface area contributed by atoms with Crippen LogP contribution in [0.25, 0.3) is 22.0 Å². The summed E-state index contributed by atoms with van der Waals surface area (Å²) in [5.74, 6) is -0.502. The van der Waals surface area contributed by atoms with Gasteiger partial charge in [0, 0.05) is 29.4 Å². The molecule has 1 aromatic heterocycles. The number of nitrogens with one attached hydrogen (secondary N) is 3. The van der Waals surface area contributed by atoms with Crippen molar-refractivity contribution < 1.29 is 19.4 Å². The number of ether oxygens (including phenoxy) is 1. The molecule has 0 fully saturated rings. The minimum atomic E-state index is -1.36. The molecule has 0 saturated carbocycles. The van der Waals surface area contributed by atoms with E-state index in [2.05, 4.69) is 39.9 Å². The van der Waals surface area contributed by atoms with Crippen LogP contribution in [0.3, 0.4) is 0 Å². The molecule has 218 valence electrons. The van der Waals surface area contributed by atoms with Gasteiger partial charge in [-0.25, -0.2) is 4.79 Å². The summed E-state index contributed by atoms with van der Waals surface area (Å²) in [5.41, 5.74) is 5.97. The Morgan fingerprint density at radius 3 is 2.21 bits per heavy atom. The lowest BCUT2D eigenvalue weighted by Crippen LogP contribution is -2.60. The fourth-order valence-corrected chi connectivity index (χ4v) is 6.10. The highest BCUT2D eigenvalue weighted by Gasteiger charge is 2.38. The molecule has 0 saturated heterocycles. The summed E-state index contributed by atoms with van der Waals surface area (Å²) in [7, 11) is 0. The van der Waals surface area contributed by atoms with Gasteiger partial charge in [0.1, 0.15) is 12.1 Å². The minimum absolute atomic E-state index is 0.100. The maximum atomic E-state index is 13.9. The average Bonchev–Trinajstić information content (AvgIpc) is 3.58. The van der Waals surface area contributed by atoms with Crippen LogP contribution in [0.4, 0.5) is 4.79 Å². The predicted molar refractivity (Wildman–Crippen MR) is 168 cm³/mol. The fourth-order valence-electron chi connectivity index (χ4n) is 6.10. The summed E-state index contributed by atoms with van der Waals surface area (Å²) < 4.78 is 5.83. The van der Waals surface area contributed by atoms with Crippen molar-refractivity contribution in [3.63, 3.8) is 0 Å². The van der Waals surface area contributed by atoms with E-state index in [1.165, 1.54) is 0 Å². The molecule has 0 spiro atoms. The predicted octanol–water partition coefficient (Wildman–Crippen LogP) is 5.73. The van der Waals surface area contributed by atoms with Gasteiger partial charge in [-0.05, 0) is 52.8 Å². The lowest BCUT2D eigenvalue weighted by molar-refractivity contribution is -0.128. The van der Waals surface area contributed by atoms with Crippen molar-refractivity contribution in [3.05, 3.63) is 132 Å². The Morgan fingerprint density at radius 1 is 0.884 bits per heavy atom. The van der Waals surface area contributed by atoms with E-state index in [0.29, 0.717) is 6.42 Å². The van der Waals surface area contributed by atoms with Crippen molar-refractivity contribution in [2.45, 2.75) is 37.3 Å². The molecule has 5 aromatic rings. The van der Waals surface area contributed by atoms with Crippen molar-refractivity contribution in [2.24, 2.45) is 0 Å². The van der Waals surface area contributed by atoms with Crippen LogP contribution < -0.4 is 10.6 Å². The number of carbonyl (C=O) groups is 2. The molecule has 0 bridgehead atoms. The standard InChI is InChI=1S/C36H35N3O4/c1-36(20-25-21-37-33-18-10-9-13-27(25)33,34(41)38-26(22-40)19-24-11-3-2-4-12-24)39-35(42)43-23-32-30-16-7-5-14-28(30)29-15-6-8-17-31(29)32/h2-18,21,26,32,37,40H,19-20,22-23H2,1H3,(H,38,41)(H,39,42)/t26-,36+/m0/s1. The summed E-state index contributed by atoms with van der Waals surface area (Å²) in [6.45, 7) is 1.59. The molecule has 6 rings (SSSR count). The van der Waals surface area contributed by atoms with Gasteiger partial charge >= 0.3 is 6.09 Å². The molecule has 1 heterocycles. The smallest absolute Gasteiger partial charge is 0.408 e. The number of aliphatic hydroxyl groups excluding tert-OH is 1. The molecule has 4 aromatic carbocycles. The molecule has 2 atom stereocenters. The summed E-state index contributed by atoms with van der Waals surface area (Å²) in [6, 6.07) is 33.3. The molecule has 0 radical (unpaired) electrons. The van der Waals surface area contributed by atoms with Crippen LogP contribution in [0.15, 0.2) is 109 Å². The van der Waals surface area contributed by atoms with Gasteiger partial charge in [0.25, 0.3) is 0 Å². The van der Waals surface area contributed by atoms with E-state index < -0.39 is 23.6 Å². The number of rotatable bonds is 10. The minimum Gasteiger partial charge on any atom is -0.449 e. The topological polar surface area (TPSA) is 103 Å². The lowest BCUT2D eigenvalue weighted by atomic mass is 9.91. The van der Waals surface area contributed by atoms with E-state index in [-0.39, 0.29) is 25.6 Å². The number of benzene rings is 4. The first-order chi connectivity index (χ1) is 20.9. The molecule has 0 unspecified atom stereocenters. The number of aromatic nitrogens is 1. The summed E-state index contributed by atoms with van der Waals surface area (Å²) in [6.07, 6.45) is 1.86. The average molecular weight is 574 g/mol. The second kappa shape index (κ2) is 12.2. The summed E-state index contributed by atoms with van der Waals surface area (Å²) in [5, 5.41) is 17.0.